The molecule has 114 valence electrons. The van der Waals surface area contributed by atoms with E-state index in [2.05, 4.69) is 4.90 Å². The third kappa shape index (κ3) is 2.42. The summed E-state index contributed by atoms with van der Waals surface area (Å²) in [7, 11) is 0. The van der Waals surface area contributed by atoms with Gasteiger partial charge in [-0.2, -0.15) is 0 Å². The van der Waals surface area contributed by atoms with E-state index in [0.717, 1.165) is 44.1 Å². The quantitative estimate of drug-likeness (QED) is 0.860. The maximum absolute atomic E-state index is 6.77. The molecule has 5 fully saturated rings. The molecule has 5 rings (SSSR count). The van der Waals surface area contributed by atoms with Crippen LogP contribution in [-0.2, 0) is 4.74 Å². The van der Waals surface area contributed by atoms with E-state index in [9.17, 15) is 0 Å². The molecule has 0 aromatic carbocycles. The normalized spacial score (nSPS) is 46.4. The summed E-state index contributed by atoms with van der Waals surface area (Å²) in [5.74, 6) is 3.04. The smallest absolute Gasteiger partial charge is 0.0593 e. The van der Waals surface area contributed by atoms with Crippen LogP contribution in [0.25, 0.3) is 0 Å². The van der Waals surface area contributed by atoms with E-state index >= 15 is 0 Å². The van der Waals surface area contributed by atoms with Crippen molar-refractivity contribution in [2.24, 2.45) is 28.9 Å². The van der Waals surface area contributed by atoms with Crippen molar-refractivity contribution in [1.29, 1.82) is 0 Å². The molecule has 0 radical (unpaired) electrons. The molecule has 4 aliphatic carbocycles. The lowest BCUT2D eigenvalue weighted by Crippen LogP contribution is -2.57. The molecule has 2 N–H and O–H groups in total. The fourth-order valence-corrected chi connectivity index (χ4v) is 6.08. The Morgan fingerprint density at radius 2 is 1.65 bits per heavy atom. The van der Waals surface area contributed by atoms with Crippen LogP contribution in [-0.4, -0.2) is 43.8 Å². The minimum absolute atomic E-state index is 0.397. The number of nitrogens with two attached hydrogens (primary N) is 1. The second-order valence-electron chi connectivity index (χ2n) is 8.15. The molecule has 0 aromatic heterocycles. The van der Waals surface area contributed by atoms with Crippen LogP contribution in [0.3, 0.4) is 0 Å². The van der Waals surface area contributed by atoms with E-state index in [1.165, 1.54) is 51.5 Å². The molecular weight excluding hydrogens is 248 g/mol. The summed E-state index contributed by atoms with van der Waals surface area (Å²) in [6, 6.07) is 0.397. The molecule has 0 spiro atoms. The van der Waals surface area contributed by atoms with E-state index in [0.29, 0.717) is 11.5 Å². The SMILES string of the molecule is NC(CN1CCCOCC1)C12CC3CC(CC(C3)C1)C2. The zero-order valence-electron chi connectivity index (χ0n) is 12.7. The molecule has 1 unspecified atom stereocenters. The van der Waals surface area contributed by atoms with Gasteiger partial charge in [-0.15, -0.1) is 0 Å². The highest BCUT2D eigenvalue weighted by Crippen LogP contribution is 2.61. The molecule has 3 heteroatoms. The van der Waals surface area contributed by atoms with Gasteiger partial charge in [0.2, 0.25) is 0 Å². The number of ether oxygens (including phenoxy) is 1. The summed E-state index contributed by atoms with van der Waals surface area (Å²) < 4.78 is 5.57. The number of rotatable bonds is 3. The molecule has 0 amide bonds. The first-order valence-electron chi connectivity index (χ1n) is 8.79. The van der Waals surface area contributed by atoms with Gasteiger partial charge in [-0.1, -0.05) is 0 Å². The van der Waals surface area contributed by atoms with E-state index in [1.54, 1.807) is 0 Å². The van der Waals surface area contributed by atoms with Crippen LogP contribution >= 0.6 is 0 Å². The molecule has 3 nitrogen and oxygen atoms in total. The highest BCUT2D eigenvalue weighted by molar-refractivity contribution is 5.06. The Morgan fingerprint density at radius 3 is 2.30 bits per heavy atom. The van der Waals surface area contributed by atoms with Crippen molar-refractivity contribution in [3.8, 4) is 0 Å². The van der Waals surface area contributed by atoms with Crippen LogP contribution in [0.5, 0.6) is 0 Å². The number of nitrogens with zero attached hydrogens (tertiary/aromatic N) is 1. The Kier molecular flexibility index (Phi) is 3.56. The van der Waals surface area contributed by atoms with Gasteiger partial charge in [0.15, 0.2) is 0 Å². The summed E-state index contributed by atoms with van der Waals surface area (Å²) in [5.41, 5.74) is 7.27. The lowest BCUT2D eigenvalue weighted by molar-refractivity contribution is -0.0714. The van der Waals surface area contributed by atoms with Gasteiger partial charge in [-0.05, 0) is 68.1 Å². The van der Waals surface area contributed by atoms with Gasteiger partial charge in [0, 0.05) is 32.3 Å². The zero-order chi connectivity index (χ0) is 13.6. The van der Waals surface area contributed by atoms with E-state index in [4.69, 9.17) is 10.5 Å². The summed E-state index contributed by atoms with van der Waals surface area (Å²) in [6.07, 6.45) is 10.0. The van der Waals surface area contributed by atoms with Gasteiger partial charge < -0.3 is 10.5 Å². The van der Waals surface area contributed by atoms with Crippen LogP contribution in [0, 0.1) is 23.2 Å². The van der Waals surface area contributed by atoms with Crippen molar-refractivity contribution in [3.63, 3.8) is 0 Å². The van der Waals surface area contributed by atoms with E-state index in [1.807, 2.05) is 0 Å². The lowest BCUT2D eigenvalue weighted by atomic mass is 9.48. The molecule has 20 heavy (non-hydrogen) atoms. The summed E-state index contributed by atoms with van der Waals surface area (Å²) in [4.78, 5) is 2.57. The summed E-state index contributed by atoms with van der Waals surface area (Å²) in [5, 5.41) is 0. The molecule has 1 heterocycles. The molecule has 1 atom stereocenters. The van der Waals surface area contributed by atoms with Crippen molar-refractivity contribution in [2.75, 3.05) is 32.8 Å². The number of hydrogen-bond acceptors (Lipinski definition) is 3. The van der Waals surface area contributed by atoms with E-state index in [-0.39, 0.29) is 0 Å². The molecule has 1 aliphatic heterocycles. The van der Waals surface area contributed by atoms with Crippen molar-refractivity contribution in [2.45, 2.75) is 51.0 Å². The van der Waals surface area contributed by atoms with Crippen LogP contribution in [0.4, 0.5) is 0 Å². The fraction of sp³-hybridized carbons (Fsp3) is 1.00. The molecule has 4 saturated carbocycles. The second kappa shape index (κ2) is 5.26. The van der Waals surface area contributed by atoms with Gasteiger partial charge in [0.1, 0.15) is 0 Å². The van der Waals surface area contributed by atoms with Crippen molar-refractivity contribution >= 4 is 0 Å². The van der Waals surface area contributed by atoms with Gasteiger partial charge in [-0.3, -0.25) is 4.90 Å². The van der Waals surface area contributed by atoms with Crippen LogP contribution in [0.1, 0.15) is 44.9 Å². The molecule has 4 bridgehead atoms. The van der Waals surface area contributed by atoms with Crippen molar-refractivity contribution in [3.05, 3.63) is 0 Å². The van der Waals surface area contributed by atoms with Crippen LogP contribution < -0.4 is 5.73 Å². The second-order valence-corrected chi connectivity index (χ2v) is 8.15. The Bertz CT molecular complexity index is 314. The average Bonchev–Trinajstić information content (AvgIpc) is 2.65. The maximum atomic E-state index is 6.77. The highest BCUT2D eigenvalue weighted by atomic mass is 16.5. The van der Waals surface area contributed by atoms with Gasteiger partial charge >= 0.3 is 0 Å². The summed E-state index contributed by atoms with van der Waals surface area (Å²) in [6.45, 7) is 5.20. The standard InChI is InChI=1S/C17H30N2O/c18-16(12-19-2-1-4-20-5-3-19)17-9-13-6-14(10-17)8-15(7-13)11-17/h13-16H,1-12,18H2. The lowest BCUT2D eigenvalue weighted by Gasteiger charge is -2.59. The first-order valence-corrected chi connectivity index (χ1v) is 8.79. The monoisotopic (exact) mass is 278 g/mol. The molecular formula is C17H30N2O. The zero-order valence-corrected chi connectivity index (χ0v) is 12.7. The van der Waals surface area contributed by atoms with Gasteiger partial charge in [0.05, 0.1) is 6.61 Å². The minimum atomic E-state index is 0.397. The third-order valence-electron chi connectivity index (χ3n) is 6.64. The van der Waals surface area contributed by atoms with Crippen LogP contribution in [0.2, 0.25) is 0 Å². The van der Waals surface area contributed by atoms with Gasteiger partial charge in [0.25, 0.3) is 0 Å². The Morgan fingerprint density at radius 1 is 1.00 bits per heavy atom. The predicted molar refractivity (Wildman–Crippen MR) is 80.5 cm³/mol. The van der Waals surface area contributed by atoms with E-state index < -0.39 is 0 Å². The maximum Gasteiger partial charge on any atom is 0.0593 e. The average molecular weight is 278 g/mol. The Hall–Kier alpha value is -0.120. The summed E-state index contributed by atoms with van der Waals surface area (Å²) >= 11 is 0. The predicted octanol–water partition coefficient (Wildman–Crippen LogP) is 2.25. The molecule has 0 aromatic rings. The van der Waals surface area contributed by atoms with Crippen molar-refractivity contribution in [1.82, 2.24) is 4.90 Å². The topological polar surface area (TPSA) is 38.5 Å². The fourth-order valence-electron chi connectivity index (χ4n) is 6.08. The van der Waals surface area contributed by atoms with Crippen molar-refractivity contribution < 1.29 is 4.74 Å². The van der Waals surface area contributed by atoms with Gasteiger partial charge in [-0.25, -0.2) is 0 Å². The first-order chi connectivity index (χ1) is 9.73. The minimum Gasteiger partial charge on any atom is -0.380 e. The third-order valence-corrected chi connectivity index (χ3v) is 6.64. The first kappa shape index (κ1) is 13.5. The Balaban J connectivity index is 1.43. The van der Waals surface area contributed by atoms with Crippen LogP contribution in [0.15, 0.2) is 0 Å². The largest absolute Gasteiger partial charge is 0.380 e. The highest BCUT2D eigenvalue weighted by Gasteiger charge is 2.53. The Labute approximate surface area is 123 Å². The molecule has 1 saturated heterocycles. The molecule has 5 aliphatic rings. The number of hydrogen-bond donors (Lipinski definition) is 1.